The molecule has 0 spiro atoms. The van der Waals surface area contributed by atoms with Crippen LogP contribution >= 0.6 is 11.6 Å². The molecule has 3 heterocycles. The van der Waals surface area contributed by atoms with Crippen molar-refractivity contribution in [3.8, 4) is 11.3 Å². The smallest absolute Gasteiger partial charge is 0.407 e. The highest BCUT2D eigenvalue weighted by Crippen LogP contribution is 2.27. The van der Waals surface area contributed by atoms with Crippen LogP contribution in [0.3, 0.4) is 0 Å². The Morgan fingerprint density at radius 2 is 1.94 bits per heavy atom. The molecule has 1 aliphatic heterocycles. The molecule has 0 radical (unpaired) electrons. The Hall–Kier alpha value is -3.58. The Morgan fingerprint density at radius 3 is 2.75 bits per heavy atom. The highest BCUT2D eigenvalue weighted by molar-refractivity contribution is 6.31. The Morgan fingerprint density at radius 1 is 1.14 bits per heavy atom. The molecular formula is C28H29ClN4O3. The topological polar surface area (TPSA) is 80.5 Å². The summed E-state index contributed by atoms with van der Waals surface area (Å²) in [6.07, 6.45) is 2.63. The molecule has 0 aliphatic carbocycles. The Labute approximate surface area is 215 Å². The van der Waals surface area contributed by atoms with Crippen LogP contribution in [0.25, 0.3) is 22.2 Å². The maximum Gasteiger partial charge on any atom is 0.407 e. The van der Waals surface area contributed by atoms with E-state index in [4.69, 9.17) is 25.8 Å². The summed E-state index contributed by atoms with van der Waals surface area (Å²) < 4.78 is 10.8. The van der Waals surface area contributed by atoms with Crippen molar-refractivity contribution in [1.82, 2.24) is 15.5 Å². The molecule has 7 nitrogen and oxygen atoms in total. The number of pyridine rings is 1. The molecule has 0 atom stereocenters. The number of hydrogen-bond donors (Lipinski definition) is 1. The lowest BCUT2D eigenvalue weighted by molar-refractivity contribution is 0.138. The summed E-state index contributed by atoms with van der Waals surface area (Å²) in [5, 5.41) is 8.80. The minimum absolute atomic E-state index is 0.120. The van der Waals surface area contributed by atoms with Crippen molar-refractivity contribution in [3.63, 3.8) is 0 Å². The van der Waals surface area contributed by atoms with E-state index in [2.05, 4.69) is 27.5 Å². The molecule has 2 aromatic heterocycles. The molecule has 36 heavy (non-hydrogen) atoms. The SMILES string of the molecule is Cc1onc(-c2ccccc2)c1COC(=O)NCCC1CCN(c2ccc3cc(Cl)ccc3n2)CC1. The van der Waals surface area contributed by atoms with Crippen LogP contribution in [0, 0.1) is 12.8 Å². The fourth-order valence-electron chi connectivity index (χ4n) is 4.66. The first-order chi connectivity index (χ1) is 17.6. The quantitative estimate of drug-likeness (QED) is 0.314. The zero-order chi connectivity index (χ0) is 24.9. The fraction of sp³-hybridized carbons (Fsp3) is 0.321. The minimum Gasteiger partial charge on any atom is -0.444 e. The van der Waals surface area contributed by atoms with Crippen LogP contribution in [-0.2, 0) is 11.3 Å². The molecule has 1 aliphatic rings. The number of fused-ring (bicyclic) bond motifs is 1. The number of aromatic nitrogens is 2. The van der Waals surface area contributed by atoms with Gasteiger partial charge in [-0.15, -0.1) is 0 Å². The third kappa shape index (κ3) is 5.62. The summed E-state index contributed by atoms with van der Waals surface area (Å²) in [6.45, 7) is 4.44. The molecule has 1 fully saturated rings. The largest absolute Gasteiger partial charge is 0.444 e. The Balaban J connectivity index is 1.06. The molecule has 0 unspecified atom stereocenters. The normalized spacial score (nSPS) is 14.2. The van der Waals surface area contributed by atoms with Crippen molar-refractivity contribution in [2.75, 3.05) is 24.5 Å². The lowest BCUT2D eigenvalue weighted by Crippen LogP contribution is -2.35. The Kier molecular flexibility index (Phi) is 7.37. The standard InChI is InChI=1S/C28H29ClN4O3/c1-19-24(27(32-36-19)21-5-3-2-4-6-21)18-35-28(34)30-14-11-20-12-15-33(16-13-20)26-10-7-22-17-23(29)8-9-25(22)31-26/h2-10,17,20H,11-16,18H2,1H3,(H,30,34). The van der Waals surface area contributed by atoms with Gasteiger partial charge in [0.1, 0.15) is 23.9 Å². The van der Waals surface area contributed by atoms with E-state index in [-0.39, 0.29) is 6.61 Å². The van der Waals surface area contributed by atoms with Gasteiger partial charge in [0, 0.05) is 35.6 Å². The van der Waals surface area contributed by atoms with Gasteiger partial charge < -0.3 is 19.5 Å². The molecule has 5 rings (SSSR count). The van der Waals surface area contributed by atoms with E-state index in [0.29, 0.717) is 23.9 Å². The molecule has 8 heteroatoms. The third-order valence-corrected chi connectivity index (χ3v) is 7.01. The van der Waals surface area contributed by atoms with Gasteiger partial charge in [-0.2, -0.15) is 0 Å². The third-order valence-electron chi connectivity index (χ3n) is 6.78. The number of aryl methyl sites for hydroxylation is 1. The number of carbonyl (C=O) groups is 1. The van der Waals surface area contributed by atoms with Crippen LogP contribution in [-0.4, -0.2) is 35.9 Å². The molecule has 0 saturated carbocycles. The number of amides is 1. The van der Waals surface area contributed by atoms with Crippen LogP contribution in [0.5, 0.6) is 0 Å². The monoisotopic (exact) mass is 504 g/mol. The summed E-state index contributed by atoms with van der Waals surface area (Å²) >= 11 is 6.08. The van der Waals surface area contributed by atoms with Crippen molar-refractivity contribution in [2.24, 2.45) is 5.92 Å². The maximum absolute atomic E-state index is 12.3. The minimum atomic E-state index is -0.424. The highest BCUT2D eigenvalue weighted by Gasteiger charge is 2.21. The first kappa shape index (κ1) is 24.1. The van der Waals surface area contributed by atoms with Crippen LogP contribution < -0.4 is 10.2 Å². The molecular weight excluding hydrogens is 476 g/mol. The van der Waals surface area contributed by atoms with E-state index in [1.807, 2.05) is 55.5 Å². The molecule has 0 bridgehead atoms. The number of alkyl carbamates (subject to hydrolysis) is 1. The van der Waals surface area contributed by atoms with Gasteiger partial charge in [-0.25, -0.2) is 9.78 Å². The molecule has 4 aromatic rings. The second kappa shape index (κ2) is 11.0. The van der Waals surface area contributed by atoms with Crippen LogP contribution in [0.1, 0.15) is 30.6 Å². The van der Waals surface area contributed by atoms with E-state index >= 15 is 0 Å². The maximum atomic E-state index is 12.3. The average molecular weight is 505 g/mol. The van der Waals surface area contributed by atoms with E-state index in [9.17, 15) is 4.79 Å². The molecule has 1 saturated heterocycles. The lowest BCUT2D eigenvalue weighted by Gasteiger charge is -2.33. The number of benzene rings is 2. The number of nitrogens with one attached hydrogen (secondary N) is 1. The second-order valence-electron chi connectivity index (χ2n) is 9.16. The van der Waals surface area contributed by atoms with Crippen LogP contribution in [0.2, 0.25) is 5.02 Å². The van der Waals surface area contributed by atoms with Crippen molar-refractivity contribution in [2.45, 2.75) is 32.8 Å². The summed E-state index contributed by atoms with van der Waals surface area (Å²) in [6, 6.07) is 19.7. The zero-order valence-electron chi connectivity index (χ0n) is 20.2. The highest BCUT2D eigenvalue weighted by atomic mass is 35.5. The zero-order valence-corrected chi connectivity index (χ0v) is 21.0. The predicted octanol–water partition coefficient (Wildman–Crippen LogP) is 6.38. The second-order valence-corrected chi connectivity index (χ2v) is 9.60. The van der Waals surface area contributed by atoms with Gasteiger partial charge in [0.05, 0.1) is 11.1 Å². The van der Waals surface area contributed by atoms with Gasteiger partial charge in [-0.05, 0) is 62.4 Å². The predicted molar refractivity (Wildman–Crippen MR) is 141 cm³/mol. The van der Waals surface area contributed by atoms with Gasteiger partial charge in [0.15, 0.2) is 0 Å². The molecule has 2 aromatic carbocycles. The number of hydrogen-bond acceptors (Lipinski definition) is 6. The average Bonchev–Trinajstić information content (AvgIpc) is 3.28. The number of nitrogens with zero attached hydrogens (tertiary/aromatic N) is 3. The van der Waals surface area contributed by atoms with E-state index < -0.39 is 6.09 Å². The van der Waals surface area contributed by atoms with Crippen molar-refractivity contribution >= 4 is 34.4 Å². The van der Waals surface area contributed by atoms with Crippen molar-refractivity contribution in [3.05, 3.63) is 77.0 Å². The summed E-state index contributed by atoms with van der Waals surface area (Å²) in [7, 11) is 0. The number of ether oxygens (including phenoxy) is 1. The number of halogens is 1. The molecule has 1 amide bonds. The van der Waals surface area contributed by atoms with Gasteiger partial charge in [-0.3, -0.25) is 0 Å². The number of carbonyl (C=O) groups excluding carboxylic acids is 1. The van der Waals surface area contributed by atoms with E-state index in [1.165, 1.54) is 0 Å². The molecule has 186 valence electrons. The van der Waals surface area contributed by atoms with Gasteiger partial charge in [0.25, 0.3) is 0 Å². The summed E-state index contributed by atoms with van der Waals surface area (Å²) in [5.41, 5.74) is 3.38. The number of anilines is 1. The van der Waals surface area contributed by atoms with Crippen LogP contribution in [0.4, 0.5) is 10.6 Å². The van der Waals surface area contributed by atoms with E-state index in [1.54, 1.807) is 0 Å². The van der Waals surface area contributed by atoms with Crippen molar-refractivity contribution < 1.29 is 14.1 Å². The first-order valence-corrected chi connectivity index (χ1v) is 12.7. The van der Waals surface area contributed by atoms with Gasteiger partial charge in [-0.1, -0.05) is 47.1 Å². The Bertz CT molecular complexity index is 1330. The summed E-state index contributed by atoms with van der Waals surface area (Å²) in [5.74, 6) is 2.22. The van der Waals surface area contributed by atoms with Gasteiger partial charge >= 0.3 is 6.09 Å². The summed E-state index contributed by atoms with van der Waals surface area (Å²) in [4.78, 5) is 19.4. The van der Waals surface area contributed by atoms with Crippen LogP contribution in [0.15, 0.2) is 65.2 Å². The number of piperidine rings is 1. The lowest BCUT2D eigenvalue weighted by atomic mass is 9.93. The van der Waals surface area contributed by atoms with Gasteiger partial charge in [0.2, 0.25) is 0 Å². The van der Waals surface area contributed by atoms with Crippen molar-refractivity contribution in [1.29, 1.82) is 0 Å². The first-order valence-electron chi connectivity index (χ1n) is 12.3. The molecule has 1 N–H and O–H groups in total. The van der Waals surface area contributed by atoms with E-state index in [0.717, 1.165) is 65.2 Å². The number of rotatable bonds is 7. The fourth-order valence-corrected chi connectivity index (χ4v) is 4.84.